The smallest absolute Gasteiger partial charge is 0.319 e. The van der Waals surface area contributed by atoms with Crippen molar-refractivity contribution in [2.45, 2.75) is 18.9 Å². The number of carboxylic acids is 1. The molecule has 2 aliphatic rings. The van der Waals surface area contributed by atoms with Crippen molar-refractivity contribution in [1.82, 2.24) is 5.32 Å². The van der Waals surface area contributed by atoms with Gasteiger partial charge in [-0.15, -0.1) is 0 Å². The first-order chi connectivity index (χ1) is 9.62. The quantitative estimate of drug-likeness (QED) is 0.795. The van der Waals surface area contributed by atoms with Crippen molar-refractivity contribution in [3.8, 4) is 11.5 Å². The first-order valence-corrected chi connectivity index (χ1v) is 6.52. The van der Waals surface area contributed by atoms with E-state index in [4.69, 9.17) is 14.6 Å². The number of para-hydroxylation sites is 2. The Morgan fingerprint density at radius 1 is 1.30 bits per heavy atom. The zero-order chi connectivity index (χ0) is 14.2. The van der Waals surface area contributed by atoms with Crippen molar-refractivity contribution >= 4 is 11.9 Å². The van der Waals surface area contributed by atoms with Gasteiger partial charge in [-0.2, -0.15) is 0 Å². The SMILES string of the molecule is O=C(O)C1(C(=O)NCC2COc3ccccc3O2)CC1. The van der Waals surface area contributed by atoms with E-state index in [-0.39, 0.29) is 12.6 Å². The summed E-state index contributed by atoms with van der Waals surface area (Å²) in [7, 11) is 0. The molecule has 0 aromatic heterocycles. The summed E-state index contributed by atoms with van der Waals surface area (Å²) in [6.07, 6.45) is 0.497. The highest BCUT2D eigenvalue weighted by atomic mass is 16.6. The predicted octanol–water partition coefficient (Wildman–Crippen LogP) is 0.807. The van der Waals surface area contributed by atoms with E-state index in [1.54, 1.807) is 6.07 Å². The largest absolute Gasteiger partial charge is 0.486 e. The molecule has 1 amide bonds. The van der Waals surface area contributed by atoms with Crippen LogP contribution in [0.2, 0.25) is 0 Å². The highest BCUT2D eigenvalue weighted by Gasteiger charge is 2.57. The summed E-state index contributed by atoms with van der Waals surface area (Å²) < 4.78 is 11.2. The van der Waals surface area contributed by atoms with Crippen LogP contribution in [0.5, 0.6) is 11.5 Å². The molecule has 106 valence electrons. The van der Waals surface area contributed by atoms with Gasteiger partial charge in [-0.05, 0) is 25.0 Å². The number of ether oxygens (including phenoxy) is 2. The molecule has 1 aromatic rings. The van der Waals surface area contributed by atoms with Crippen LogP contribution in [0.25, 0.3) is 0 Å². The molecule has 3 rings (SSSR count). The monoisotopic (exact) mass is 277 g/mol. The minimum atomic E-state index is -1.21. The lowest BCUT2D eigenvalue weighted by Gasteiger charge is -2.26. The van der Waals surface area contributed by atoms with Crippen LogP contribution in [0, 0.1) is 5.41 Å². The van der Waals surface area contributed by atoms with Crippen LogP contribution in [0.4, 0.5) is 0 Å². The number of aliphatic carboxylic acids is 1. The number of hydrogen-bond donors (Lipinski definition) is 2. The Bertz CT molecular complexity index is 552. The average molecular weight is 277 g/mol. The first-order valence-electron chi connectivity index (χ1n) is 6.52. The standard InChI is InChI=1S/C14H15NO5/c16-12(14(5-6-14)13(17)18)15-7-9-8-19-10-3-1-2-4-11(10)20-9/h1-4,9H,5-8H2,(H,15,16)(H,17,18). The normalized spacial score (nSPS) is 21.9. The van der Waals surface area contributed by atoms with Gasteiger partial charge in [0.15, 0.2) is 11.5 Å². The van der Waals surface area contributed by atoms with E-state index in [1.807, 2.05) is 18.2 Å². The molecule has 0 spiro atoms. The van der Waals surface area contributed by atoms with Crippen molar-refractivity contribution in [3.63, 3.8) is 0 Å². The fourth-order valence-electron chi connectivity index (χ4n) is 2.20. The van der Waals surface area contributed by atoms with Crippen LogP contribution >= 0.6 is 0 Å². The second-order valence-electron chi connectivity index (χ2n) is 5.09. The van der Waals surface area contributed by atoms with Crippen LogP contribution in [-0.2, 0) is 9.59 Å². The minimum absolute atomic E-state index is 0.238. The molecule has 1 aliphatic heterocycles. The lowest BCUT2D eigenvalue weighted by Crippen LogP contribution is -2.44. The summed E-state index contributed by atoms with van der Waals surface area (Å²) in [5.74, 6) is -0.176. The summed E-state index contributed by atoms with van der Waals surface area (Å²) >= 11 is 0. The van der Waals surface area contributed by atoms with Gasteiger partial charge in [-0.25, -0.2) is 0 Å². The van der Waals surface area contributed by atoms with Crippen LogP contribution in [0.3, 0.4) is 0 Å². The van der Waals surface area contributed by atoms with Crippen LogP contribution in [0.1, 0.15) is 12.8 Å². The molecule has 1 heterocycles. The van der Waals surface area contributed by atoms with E-state index < -0.39 is 17.3 Å². The fraction of sp³-hybridized carbons (Fsp3) is 0.429. The van der Waals surface area contributed by atoms with Gasteiger partial charge < -0.3 is 19.9 Å². The summed E-state index contributed by atoms with van der Waals surface area (Å²) in [6.45, 7) is 0.569. The van der Waals surface area contributed by atoms with E-state index in [1.165, 1.54) is 0 Å². The Morgan fingerprint density at radius 2 is 2.00 bits per heavy atom. The number of carbonyl (C=O) groups excluding carboxylic acids is 1. The lowest BCUT2D eigenvalue weighted by molar-refractivity contribution is -0.149. The number of rotatable bonds is 4. The second kappa shape index (κ2) is 4.70. The number of fused-ring (bicyclic) bond motifs is 1. The fourth-order valence-corrected chi connectivity index (χ4v) is 2.20. The molecule has 2 N–H and O–H groups in total. The molecule has 20 heavy (non-hydrogen) atoms. The van der Waals surface area contributed by atoms with Crippen LogP contribution in [0.15, 0.2) is 24.3 Å². The highest BCUT2D eigenvalue weighted by molar-refractivity contribution is 6.04. The molecule has 1 unspecified atom stereocenters. The van der Waals surface area contributed by atoms with E-state index in [9.17, 15) is 9.59 Å². The van der Waals surface area contributed by atoms with Crippen LogP contribution < -0.4 is 14.8 Å². The number of hydrogen-bond acceptors (Lipinski definition) is 4. The number of carbonyl (C=O) groups is 2. The van der Waals surface area contributed by atoms with E-state index >= 15 is 0 Å². The van der Waals surface area contributed by atoms with Gasteiger partial charge >= 0.3 is 5.97 Å². The third kappa shape index (κ3) is 2.17. The number of carboxylic acid groups (broad SMARTS) is 1. The maximum Gasteiger partial charge on any atom is 0.319 e. The highest BCUT2D eigenvalue weighted by Crippen LogP contribution is 2.46. The third-order valence-electron chi connectivity index (χ3n) is 3.65. The maximum absolute atomic E-state index is 11.9. The van der Waals surface area contributed by atoms with Crippen molar-refractivity contribution in [1.29, 1.82) is 0 Å². The summed E-state index contributed by atoms with van der Waals surface area (Å²) in [4.78, 5) is 22.9. The molecule has 1 aliphatic carbocycles. The Labute approximate surface area is 115 Å². The zero-order valence-corrected chi connectivity index (χ0v) is 10.8. The molecule has 0 saturated heterocycles. The number of amides is 1. The molecular formula is C14H15NO5. The Kier molecular flexibility index (Phi) is 3.00. The Morgan fingerprint density at radius 3 is 2.65 bits per heavy atom. The van der Waals surface area contributed by atoms with E-state index in [0.717, 1.165) is 0 Å². The van der Waals surface area contributed by atoms with Gasteiger partial charge in [0, 0.05) is 0 Å². The molecule has 6 heteroatoms. The zero-order valence-electron chi connectivity index (χ0n) is 10.8. The summed E-state index contributed by atoms with van der Waals surface area (Å²) in [6, 6.07) is 7.30. The van der Waals surface area contributed by atoms with Crippen molar-refractivity contribution < 1.29 is 24.2 Å². The van der Waals surface area contributed by atoms with Gasteiger partial charge in [0.2, 0.25) is 5.91 Å². The van der Waals surface area contributed by atoms with Gasteiger partial charge in [0.25, 0.3) is 0 Å². The molecular weight excluding hydrogens is 262 g/mol. The number of nitrogens with one attached hydrogen (secondary N) is 1. The summed E-state index contributed by atoms with van der Waals surface area (Å²) in [5.41, 5.74) is -1.21. The average Bonchev–Trinajstić information content (AvgIpc) is 3.26. The maximum atomic E-state index is 11.9. The van der Waals surface area contributed by atoms with Gasteiger partial charge in [-0.3, -0.25) is 9.59 Å². The van der Waals surface area contributed by atoms with Crippen molar-refractivity contribution in [2.24, 2.45) is 5.41 Å². The molecule has 0 bridgehead atoms. The second-order valence-corrected chi connectivity index (χ2v) is 5.09. The molecule has 0 radical (unpaired) electrons. The Balaban J connectivity index is 1.56. The van der Waals surface area contributed by atoms with Gasteiger partial charge in [0.05, 0.1) is 6.54 Å². The minimum Gasteiger partial charge on any atom is -0.486 e. The van der Waals surface area contributed by atoms with Gasteiger partial charge in [-0.1, -0.05) is 12.1 Å². The van der Waals surface area contributed by atoms with Gasteiger partial charge in [0.1, 0.15) is 18.1 Å². The third-order valence-corrected chi connectivity index (χ3v) is 3.65. The van der Waals surface area contributed by atoms with Crippen molar-refractivity contribution in [2.75, 3.05) is 13.2 Å². The predicted molar refractivity (Wildman–Crippen MR) is 68.7 cm³/mol. The molecule has 1 aromatic carbocycles. The molecule has 6 nitrogen and oxygen atoms in total. The summed E-state index contributed by atoms with van der Waals surface area (Å²) in [5, 5.41) is 11.7. The van der Waals surface area contributed by atoms with E-state index in [0.29, 0.717) is 30.9 Å². The van der Waals surface area contributed by atoms with Crippen molar-refractivity contribution in [3.05, 3.63) is 24.3 Å². The molecule has 1 atom stereocenters. The lowest BCUT2D eigenvalue weighted by atomic mass is 10.1. The van der Waals surface area contributed by atoms with Crippen LogP contribution in [-0.4, -0.2) is 36.2 Å². The molecule has 1 saturated carbocycles. The number of benzene rings is 1. The topological polar surface area (TPSA) is 84.9 Å². The molecule has 1 fully saturated rings. The van der Waals surface area contributed by atoms with E-state index in [2.05, 4.69) is 5.32 Å². The first kappa shape index (κ1) is 12.8. The Hall–Kier alpha value is -2.24.